The second-order valence-electron chi connectivity index (χ2n) is 5.00. The normalized spacial score (nSPS) is 14.5. The van der Waals surface area contributed by atoms with Gasteiger partial charge in [0.15, 0.2) is 0 Å². The molecule has 1 aliphatic rings. The van der Waals surface area contributed by atoms with Crippen molar-refractivity contribution in [2.45, 2.75) is 0 Å². The highest BCUT2D eigenvalue weighted by atomic mass is 16.3. The van der Waals surface area contributed by atoms with E-state index >= 15 is 0 Å². The van der Waals surface area contributed by atoms with Crippen molar-refractivity contribution in [1.82, 2.24) is 0 Å². The molecule has 108 valence electrons. The van der Waals surface area contributed by atoms with Crippen LogP contribution in [0.25, 0.3) is 11.1 Å². The molecule has 0 aliphatic heterocycles. The second kappa shape index (κ2) is 5.33. The van der Waals surface area contributed by atoms with Crippen molar-refractivity contribution in [2.75, 3.05) is 0 Å². The minimum Gasteiger partial charge on any atom is -0.508 e. The first-order valence-electron chi connectivity index (χ1n) is 6.75. The molecule has 22 heavy (non-hydrogen) atoms. The Hall–Kier alpha value is -3.14. The number of benzene rings is 2. The van der Waals surface area contributed by atoms with Gasteiger partial charge in [-0.3, -0.25) is 0 Å². The molecule has 0 saturated heterocycles. The summed E-state index contributed by atoms with van der Waals surface area (Å²) in [5.74, 6) is 0.312. The lowest BCUT2D eigenvalue weighted by Crippen LogP contribution is -2.12. The van der Waals surface area contributed by atoms with Crippen LogP contribution < -0.4 is 0 Å². The number of phenols is 2. The summed E-state index contributed by atoms with van der Waals surface area (Å²) in [4.78, 5) is 0. The molecule has 1 aliphatic carbocycles. The van der Waals surface area contributed by atoms with Crippen LogP contribution in [-0.2, 0) is 0 Å². The number of allylic oxidation sites excluding steroid dienone is 4. The molecule has 0 radical (unpaired) electrons. The third kappa shape index (κ3) is 2.42. The Kier molecular flexibility index (Phi) is 3.35. The van der Waals surface area contributed by atoms with Crippen LogP contribution in [0.4, 0.5) is 0 Å². The second-order valence-corrected chi connectivity index (χ2v) is 5.00. The molecule has 2 aromatic carbocycles. The maximum absolute atomic E-state index is 9.43. The van der Waals surface area contributed by atoms with Gasteiger partial charge < -0.3 is 21.0 Å². The summed E-state index contributed by atoms with van der Waals surface area (Å²) in [7, 11) is 0. The zero-order valence-corrected chi connectivity index (χ0v) is 11.7. The lowest BCUT2D eigenvalue weighted by molar-refractivity contribution is 0.474. The molecule has 0 atom stereocenters. The summed E-state index contributed by atoms with van der Waals surface area (Å²) in [5.41, 5.74) is 3.42. The van der Waals surface area contributed by atoms with Gasteiger partial charge in [-0.05, 0) is 47.5 Å². The predicted molar refractivity (Wildman–Crippen MR) is 87.6 cm³/mol. The van der Waals surface area contributed by atoms with E-state index in [1.165, 1.54) is 0 Å². The zero-order valence-electron chi connectivity index (χ0n) is 11.7. The minimum atomic E-state index is 0.156. The van der Waals surface area contributed by atoms with E-state index in [2.05, 4.69) is 0 Å². The average molecular weight is 290 g/mol. The Labute approximate surface area is 127 Å². The van der Waals surface area contributed by atoms with Crippen molar-refractivity contribution in [3.8, 4) is 11.5 Å². The third-order valence-electron chi connectivity index (χ3n) is 3.52. The molecule has 0 unspecified atom stereocenters. The van der Waals surface area contributed by atoms with Crippen molar-refractivity contribution < 1.29 is 10.2 Å². The highest BCUT2D eigenvalue weighted by molar-refractivity contribution is 6.49. The van der Waals surface area contributed by atoms with E-state index in [4.69, 9.17) is 10.8 Å². The first kappa shape index (κ1) is 13.8. The van der Waals surface area contributed by atoms with Crippen LogP contribution in [0.15, 0.2) is 60.7 Å². The summed E-state index contributed by atoms with van der Waals surface area (Å²) in [6.45, 7) is 0. The first-order chi connectivity index (χ1) is 10.6. The van der Waals surface area contributed by atoms with Crippen LogP contribution in [0.5, 0.6) is 11.5 Å². The highest BCUT2D eigenvalue weighted by Crippen LogP contribution is 2.33. The minimum absolute atomic E-state index is 0.156. The van der Waals surface area contributed by atoms with E-state index in [1.54, 1.807) is 60.7 Å². The molecule has 0 heterocycles. The van der Waals surface area contributed by atoms with Crippen molar-refractivity contribution in [1.29, 1.82) is 10.8 Å². The average Bonchev–Trinajstić information content (AvgIpc) is 2.51. The molecular formula is C18H14N2O2. The molecule has 4 N–H and O–H groups in total. The van der Waals surface area contributed by atoms with E-state index < -0.39 is 0 Å². The maximum atomic E-state index is 9.43. The Balaban J connectivity index is 2.23. The Morgan fingerprint density at radius 3 is 1.18 bits per heavy atom. The molecule has 0 amide bonds. The van der Waals surface area contributed by atoms with Gasteiger partial charge in [-0.1, -0.05) is 24.3 Å². The number of nitrogens with one attached hydrogen (secondary N) is 2. The molecule has 0 aromatic heterocycles. The number of rotatable bonds is 2. The molecule has 4 nitrogen and oxygen atoms in total. The largest absolute Gasteiger partial charge is 0.508 e. The quantitative estimate of drug-likeness (QED) is 0.636. The lowest BCUT2D eigenvalue weighted by atomic mass is 9.85. The summed E-state index contributed by atoms with van der Waals surface area (Å²) < 4.78 is 0. The predicted octanol–water partition coefficient (Wildman–Crippen LogP) is 3.62. The van der Waals surface area contributed by atoms with Crippen LogP contribution in [0.1, 0.15) is 11.1 Å². The van der Waals surface area contributed by atoms with Crippen LogP contribution in [0.3, 0.4) is 0 Å². The fourth-order valence-electron chi connectivity index (χ4n) is 2.46. The smallest absolute Gasteiger partial charge is 0.115 e. The molecule has 0 fully saturated rings. The fourth-order valence-corrected chi connectivity index (χ4v) is 2.46. The third-order valence-corrected chi connectivity index (χ3v) is 3.52. The van der Waals surface area contributed by atoms with Gasteiger partial charge in [0, 0.05) is 11.1 Å². The SMILES string of the molecule is N=C1C=CC(=N)C(c2ccc(O)cc2)=C1c1ccc(O)cc1. The monoisotopic (exact) mass is 290 g/mol. The Morgan fingerprint density at radius 2 is 0.864 bits per heavy atom. The Morgan fingerprint density at radius 1 is 0.545 bits per heavy atom. The standard InChI is InChI=1S/C18H14N2O2/c19-15-9-10-16(20)18(12-3-7-14(22)8-4-12)17(15)11-1-5-13(21)6-2-11/h1-10,19-22H. The summed E-state index contributed by atoms with van der Waals surface area (Å²) >= 11 is 0. The molecular weight excluding hydrogens is 276 g/mol. The molecule has 4 heteroatoms. The Bertz CT molecular complexity index is 744. The van der Waals surface area contributed by atoms with Gasteiger partial charge >= 0.3 is 0 Å². The van der Waals surface area contributed by atoms with Gasteiger partial charge in [0.25, 0.3) is 0 Å². The van der Waals surface area contributed by atoms with Crippen LogP contribution in [-0.4, -0.2) is 21.6 Å². The van der Waals surface area contributed by atoms with Crippen molar-refractivity contribution in [3.63, 3.8) is 0 Å². The lowest BCUT2D eigenvalue weighted by Gasteiger charge is -2.19. The van der Waals surface area contributed by atoms with E-state index in [0.29, 0.717) is 22.6 Å². The molecule has 3 rings (SSSR count). The zero-order chi connectivity index (χ0) is 15.7. The summed E-state index contributed by atoms with van der Waals surface area (Å²) in [6.07, 6.45) is 3.18. The summed E-state index contributed by atoms with van der Waals surface area (Å²) in [6, 6.07) is 13.2. The fraction of sp³-hybridized carbons (Fsp3) is 0. The van der Waals surface area contributed by atoms with Crippen LogP contribution in [0, 0.1) is 10.8 Å². The molecule has 2 aromatic rings. The van der Waals surface area contributed by atoms with E-state index in [1.807, 2.05) is 0 Å². The van der Waals surface area contributed by atoms with Gasteiger partial charge in [-0.15, -0.1) is 0 Å². The maximum Gasteiger partial charge on any atom is 0.115 e. The van der Waals surface area contributed by atoms with Gasteiger partial charge in [-0.2, -0.15) is 0 Å². The number of aromatic hydroxyl groups is 2. The van der Waals surface area contributed by atoms with Gasteiger partial charge in [-0.25, -0.2) is 0 Å². The number of hydrogen-bond donors (Lipinski definition) is 4. The van der Waals surface area contributed by atoms with Crippen LogP contribution >= 0.6 is 0 Å². The molecule has 0 saturated carbocycles. The van der Waals surface area contributed by atoms with E-state index in [0.717, 1.165) is 11.1 Å². The summed E-state index contributed by atoms with van der Waals surface area (Å²) in [5, 5.41) is 35.3. The van der Waals surface area contributed by atoms with E-state index in [9.17, 15) is 10.2 Å². The van der Waals surface area contributed by atoms with Crippen molar-refractivity contribution in [3.05, 3.63) is 71.8 Å². The first-order valence-corrected chi connectivity index (χ1v) is 6.75. The van der Waals surface area contributed by atoms with Gasteiger partial charge in [0.05, 0.1) is 11.4 Å². The van der Waals surface area contributed by atoms with Crippen LogP contribution in [0.2, 0.25) is 0 Å². The van der Waals surface area contributed by atoms with Crippen molar-refractivity contribution >= 4 is 22.6 Å². The number of hydrogen-bond acceptors (Lipinski definition) is 4. The molecule has 0 bridgehead atoms. The highest BCUT2D eigenvalue weighted by Gasteiger charge is 2.21. The van der Waals surface area contributed by atoms with Gasteiger partial charge in [0.2, 0.25) is 0 Å². The van der Waals surface area contributed by atoms with Crippen molar-refractivity contribution in [2.24, 2.45) is 0 Å². The molecule has 0 spiro atoms. The topological polar surface area (TPSA) is 88.2 Å². The van der Waals surface area contributed by atoms with Gasteiger partial charge in [0.1, 0.15) is 11.5 Å². The number of phenolic OH excluding ortho intramolecular Hbond substituents is 2. The van der Waals surface area contributed by atoms with E-state index in [-0.39, 0.29) is 11.5 Å².